The van der Waals surface area contributed by atoms with Crippen LogP contribution in [0.15, 0.2) is 47.4 Å². The summed E-state index contributed by atoms with van der Waals surface area (Å²) in [6.45, 7) is 1.51. The summed E-state index contributed by atoms with van der Waals surface area (Å²) in [6, 6.07) is 14.3. The first-order valence-corrected chi connectivity index (χ1v) is 10.8. The molecule has 1 spiro atoms. The number of rotatable bonds is 4. The zero-order chi connectivity index (χ0) is 18.0. The van der Waals surface area contributed by atoms with Crippen LogP contribution in [0.2, 0.25) is 10.0 Å². The lowest BCUT2D eigenvalue weighted by atomic mass is 9.86. The molecule has 1 aliphatic heterocycles. The molecule has 1 aliphatic carbocycles. The van der Waals surface area contributed by atoms with Crippen molar-refractivity contribution in [2.45, 2.75) is 36.4 Å². The normalized spacial score (nSPS) is 19.9. The van der Waals surface area contributed by atoms with Gasteiger partial charge in [-0.15, -0.1) is 11.8 Å². The van der Waals surface area contributed by atoms with Crippen molar-refractivity contribution in [3.8, 4) is 11.1 Å². The molecule has 0 atom stereocenters. The van der Waals surface area contributed by atoms with Crippen LogP contribution in [-0.2, 0) is 9.47 Å². The van der Waals surface area contributed by atoms with Crippen molar-refractivity contribution in [2.75, 3.05) is 19.0 Å². The second-order valence-corrected chi connectivity index (χ2v) is 8.95. The van der Waals surface area contributed by atoms with Gasteiger partial charge in [0.25, 0.3) is 0 Å². The third-order valence-electron chi connectivity index (χ3n) is 5.26. The summed E-state index contributed by atoms with van der Waals surface area (Å²) >= 11 is 14.2. The van der Waals surface area contributed by atoms with Crippen LogP contribution < -0.4 is 0 Å². The molecule has 1 saturated heterocycles. The molecule has 0 N–H and O–H groups in total. The molecule has 2 aromatic rings. The van der Waals surface area contributed by atoms with Crippen LogP contribution in [-0.4, -0.2) is 24.8 Å². The van der Waals surface area contributed by atoms with Gasteiger partial charge in [0.15, 0.2) is 5.79 Å². The second-order valence-electron chi connectivity index (χ2n) is 7.01. The fraction of sp³-hybridized carbons (Fsp3) is 0.429. The highest BCUT2D eigenvalue weighted by Crippen LogP contribution is 2.40. The highest BCUT2D eigenvalue weighted by Gasteiger charge is 2.40. The van der Waals surface area contributed by atoms with E-state index in [0.29, 0.717) is 10.0 Å². The molecule has 0 bridgehead atoms. The summed E-state index contributed by atoms with van der Waals surface area (Å²) in [7, 11) is 0. The van der Waals surface area contributed by atoms with E-state index in [1.165, 1.54) is 17.7 Å². The van der Waals surface area contributed by atoms with Crippen molar-refractivity contribution in [2.24, 2.45) is 5.92 Å². The van der Waals surface area contributed by atoms with E-state index < -0.39 is 0 Å². The lowest BCUT2D eigenvalue weighted by Gasteiger charge is -2.35. The predicted molar refractivity (Wildman–Crippen MR) is 109 cm³/mol. The molecular formula is C21H22Cl2O2S. The minimum absolute atomic E-state index is 0.249. The standard InChI is InChI=1S/C21H22Cl2O2S/c22-17-3-6-19(20(23)13-17)16-1-4-18(5-2-16)26-14-15-7-9-21(10-8-15)24-11-12-25-21/h1-6,13,15H,7-12,14H2. The molecule has 26 heavy (non-hydrogen) atoms. The number of halogens is 2. The summed E-state index contributed by atoms with van der Waals surface area (Å²) < 4.78 is 11.6. The number of benzene rings is 2. The predicted octanol–water partition coefficient (Wildman–Crippen LogP) is 6.69. The Bertz CT molecular complexity index is 747. The van der Waals surface area contributed by atoms with E-state index in [9.17, 15) is 0 Å². The first-order chi connectivity index (χ1) is 12.6. The smallest absolute Gasteiger partial charge is 0.168 e. The Morgan fingerprint density at radius 2 is 1.65 bits per heavy atom. The van der Waals surface area contributed by atoms with Crippen molar-refractivity contribution in [3.05, 3.63) is 52.5 Å². The quantitative estimate of drug-likeness (QED) is 0.525. The molecule has 0 radical (unpaired) electrons. The van der Waals surface area contributed by atoms with E-state index in [0.717, 1.165) is 48.9 Å². The van der Waals surface area contributed by atoms with Crippen molar-refractivity contribution < 1.29 is 9.47 Å². The Morgan fingerprint density at radius 1 is 0.962 bits per heavy atom. The molecule has 138 valence electrons. The molecular weight excluding hydrogens is 387 g/mol. The maximum atomic E-state index is 6.31. The van der Waals surface area contributed by atoms with E-state index in [1.54, 1.807) is 6.07 Å². The molecule has 2 fully saturated rings. The number of ether oxygens (including phenoxy) is 2. The lowest BCUT2D eigenvalue weighted by molar-refractivity contribution is -0.181. The topological polar surface area (TPSA) is 18.5 Å². The maximum absolute atomic E-state index is 6.31. The van der Waals surface area contributed by atoms with Crippen LogP contribution in [0.3, 0.4) is 0 Å². The van der Waals surface area contributed by atoms with Gasteiger partial charge in [0.05, 0.1) is 13.2 Å². The molecule has 4 rings (SSSR count). The Hall–Kier alpha value is -0.710. The first-order valence-electron chi connectivity index (χ1n) is 9.10. The SMILES string of the molecule is Clc1ccc(-c2ccc(SCC3CCC4(CC3)OCCO4)cc2)c(Cl)c1. The van der Waals surface area contributed by atoms with Crippen LogP contribution in [0.1, 0.15) is 25.7 Å². The van der Waals surface area contributed by atoms with Crippen LogP contribution >= 0.6 is 35.0 Å². The number of thioether (sulfide) groups is 1. The zero-order valence-electron chi connectivity index (χ0n) is 14.5. The zero-order valence-corrected chi connectivity index (χ0v) is 16.9. The van der Waals surface area contributed by atoms with Gasteiger partial charge in [0.1, 0.15) is 0 Å². The van der Waals surface area contributed by atoms with Gasteiger partial charge >= 0.3 is 0 Å². The van der Waals surface area contributed by atoms with Gasteiger partial charge in [0, 0.05) is 39.1 Å². The van der Waals surface area contributed by atoms with E-state index in [4.69, 9.17) is 32.7 Å². The summed E-state index contributed by atoms with van der Waals surface area (Å²) in [5.41, 5.74) is 2.13. The number of hydrogen-bond acceptors (Lipinski definition) is 3. The molecule has 0 unspecified atom stereocenters. The van der Waals surface area contributed by atoms with Gasteiger partial charge in [-0.2, -0.15) is 0 Å². The maximum Gasteiger partial charge on any atom is 0.168 e. The van der Waals surface area contributed by atoms with Crippen molar-refractivity contribution in [1.29, 1.82) is 0 Å². The highest BCUT2D eigenvalue weighted by molar-refractivity contribution is 7.99. The van der Waals surface area contributed by atoms with Crippen molar-refractivity contribution >= 4 is 35.0 Å². The van der Waals surface area contributed by atoms with Gasteiger partial charge in [0.2, 0.25) is 0 Å². The molecule has 2 nitrogen and oxygen atoms in total. The molecule has 0 amide bonds. The molecule has 0 aromatic heterocycles. The van der Waals surface area contributed by atoms with Crippen LogP contribution in [0.4, 0.5) is 0 Å². The minimum Gasteiger partial charge on any atom is -0.348 e. The van der Waals surface area contributed by atoms with Gasteiger partial charge in [-0.05, 0) is 48.6 Å². The van der Waals surface area contributed by atoms with Crippen molar-refractivity contribution in [1.82, 2.24) is 0 Å². The fourth-order valence-corrected chi connectivity index (χ4v) is 5.35. The van der Waals surface area contributed by atoms with E-state index in [-0.39, 0.29) is 5.79 Å². The molecule has 2 aliphatic rings. The fourth-order valence-electron chi connectivity index (χ4n) is 3.74. The van der Waals surface area contributed by atoms with Crippen LogP contribution in [0.25, 0.3) is 11.1 Å². The third-order valence-corrected chi connectivity index (χ3v) is 7.05. The first kappa shape index (κ1) is 18.6. The van der Waals surface area contributed by atoms with E-state index >= 15 is 0 Å². The number of hydrogen-bond donors (Lipinski definition) is 0. The van der Waals surface area contributed by atoms with Gasteiger partial charge in [-0.3, -0.25) is 0 Å². The summed E-state index contributed by atoms with van der Waals surface area (Å²) in [4.78, 5) is 1.30. The van der Waals surface area contributed by atoms with Crippen LogP contribution in [0, 0.1) is 5.92 Å². The highest BCUT2D eigenvalue weighted by atomic mass is 35.5. The van der Waals surface area contributed by atoms with Crippen molar-refractivity contribution in [3.63, 3.8) is 0 Å². The molecule has 1 saturated carbocycles. The molecule has 2 aromatic carbocycles. The van der Waals surface area contributed by atoms with E-state index in [1.807, 2.05) is 23.9 Å². The van der Waals surface area contributed by atoms with Gasteiger partial charge < -0.3 is 9.47 Å². The second kappa shape index (κ2) is 8.12. The average Bonchev–Trinajstić information content (AvgIpc) is 3.10. The Morgan fingerprint density at radius 3 is 2.31 bits per heavy atom. The lowest BCUT2D eigenvalue weighted by Crippen LogP contribution is -2.35. The Balaban J connectivity index is 1.32. The Kier molecular flexibility index (Phi) is 5.82. The third kappa shape index (κ3) is 4.23. The van der Waals surface area contributed by atoms with E-state index in [2.05, 4.69) is 24.3 Å². The molecule has 5 heteroatoms. The van der Waals surface area contributed by atoms with Gasteiger partial charge in [-0.1, -0.05) is 41.4 Å². The molecule has 1 heterocycles. The Labute approximate surface area is 169 Å². The average molecular weight is 409 g/mol. The van der Waals surface area contributed by atoms with Gasteiger partial charge in [-0.25, -0.2) is 0 Å². The van der Waals surface area contributed by atoms with Crippen LogP contribution in [0.5, 0.6) is 0 Å². The summed E-state index contributed by atoms with van der Waals surface area (Å²) in [5.74, 6) is 1.64. The monoisotopic (exact) mass is 408 g/mol. The largest absolute Gasteiger partial charge is 0.348 e. The minimum atomic E-state index is -0.249. The summed E-state index contributed by atoms with van der Waals surface area (Å²) in [6.07, 6.45) is 4.44. The summed E-state index contributed by atoms with van der Waals surface area (Å²) in [5, 5.41) is 1.35.